The van der Waals surface area contributed by atoms with Crippen LogP contribution in [0.25, 0.3) is 0 Å². The summed E-state index contributed by atoms with van der Waals surface area (Å²) >= 11 is 6.46. The van der Waals surface area contributed by atoms with Crippen LogP contribution in [-0.4, -0.2) is 62.3 Å². The number of benzene rings is 2. The van der Waals surface area contributed by atoms with E-state index in [1.807, 2.05) is 49.6 Å². The molecule has 1 fully saturated rings. The number of allylic oxidation sites excluding steroid dienone is 1. The van der Waals surface area contributed by atoms with Crippen LogP contribution in [0.4, 0.5) is 5.69 Å². The number of aliphatic hydroxyl groups excluding tert-OH is 1. The number of aromatic nitrogens is 1. The van der Waals surface area contributed by atoms with Crippen molar-refractivity contribution in [1.82, 2.24) is 9.29 Å². The molecule has 1 aromatic heterocycles. The zero-order valence-corrected chi connectivity index (χ0v) is 33.1. The molecule has 2 bridgehead atoms. The molecule has 3 aromatic rings. The molecular weight excluding hydrogens is 724 g/mol. The summed E-state index contributed by atoms with van der Waals surface area (Å²) in [4.78, 5) is 30.4. The number of aliphatic hydroxyl groups is 1. The molecule has 54 heavy (non-hydrogen) atoms. The molecule has 1 saturated carbocycles. The van der Waals surface area contributed by atoms with Crippen LogP contribution in [0.15, 0.2) is 65.2 Å². The Morgan fingerprint density at radius 1 is 1.11 bits per heavy atom. The zero-order chi connectivity index (χ0) is 38.0. The number of carbonyl (C=O) groups is 2. The Morgan fingerprint density at radius 3 is 2.74 bits per heavy atom. The Kier molecular flexibility index (Phi) is 9.76. The van der Waals surface area contributed by atoms with Gasteiger partial charge < -0.3 is 24.0 Å². The van der Waals surface area contributed by atoms with Gasteiger partial charge in [0.05, 0.1) is 48.0 Å². The summed E-state index contributed by atoms with van der Waals surface area (Å²) in [6, 6.07) is 13.2. The highest BCUT2D eigenvalue weighted by Crippen LogP contribution is 2.47. The van der Waals surface area contributed by atoms with Crippen molar-refractivity contribution in [3.05, 3.63) is 93.8 Å². The molecule has 10 nitrogen and oxygen atoms in total. The summed E-state index contributed by atoms with van der Waals surface area (Å²) in [6.45, 7) is 10.5. The van der Waals surface area contributed by atoms with E-state index in [2.05, 4.69) is 26.1 Å². The highest BCUT2D eigenvalue weighted by molar-refractivity contribution is 7.93. The fraction of sp³-hybridized carbons (Fsp3) is 0.524. The first kappa shape index (κ1) is 37.3. The maximum Gasteiger partial charge on any atom is 0.286 e. The van der Waals surface area contributed by atoms with Gasteiger partial charge in [0.1, 0.15) is 15.7 Å². The van der Waals surface area contributed by atoms with Gasteiger partial charge in [-0.1, -0.05) is 36.7 Å². The fourth-order valence-corrected chi connectivity index (χ4v) is 11.2. The topological polar surface area (TPSA) is 122 Å². The molecule has 2 aliphatic carbocycles. The molecule has 12 heteroatoms. The highest BCUT2D eigenvalue weighted by atomic mass is 35.5. The molecule has 288 valence electrons. The minimum atomic E-state index is -3.65. The standard InChI is InChI=1S/C42H51ClN4O6S/c1-26-7-5-9-37(48)34-13-10-30(34)20-47-24-42(16-6-8-28-17-32(43)12-14-35(28)42)25-52-38-15-11-29(19-36(38)47)39(49)44-54(51,27(26)2)45-40(50)31-18-33-22-53-41(3,4)23-46(33)21-31/h5,9,11-12,14-15,17-19,21,26-27,30,34,37,48H,6-8,10,13,16,20,22-25H2,1-4H3,(H,44,45,49,50,51)/b9-5+. The second-order valence-electron chi connectivity index (χ2n) is 16.9. The second kappa shape index (κ2) is 14.1. The molecular formula is C42H51ClN4O6S. The number of ether oxygens (including phenoxy) is 2. The smallest absolute Gasteiger partial charge is 0.286 e. The van der Waals surface area contributed by atoms with E-state index in [-0.39, 0.29) is 34.3 Å². The van der Waals surface area contributed by atoms with Crippen molar-refractivity contribution < 1.29 is 28.4 Å². The van der Waals surface area contributed by atoms with E-state index in [9.17, 15) is 18.9 Å². The number of fused-ring (bicyclic) bond motifs is 5. The Labute approximate surface area is 323 Å². The van der Waals surface area contributed by atoms with Crippen LogP contribution < -0.4 is 14.4 Å². The Morgan fingerprint density at radius 2 is 1.94 bits per heavy atom. The van der Waals surface area contributed by atoms with Gasteiger partial charge in [0, 0.05) is 41.0 Å². The normalized spacial score (nSPS) is 32.4. The third-order valence-electron chi connectivity index (χ3n) is 12.7. The van der Waals surface area contributed by atoms with Gasteiger partial charge in [0.2, 0.25) is 0 Å². The summed E-state index contributed by atoms with van der Waals surface area (Å²) in [5.74, 6) is -0.448. The van der Waals surface area contributed by atoms with Crippen molar-refractivity contribution in [2.45, 2.75) is 102 Å². The van der Waals surface area contributed by atoms with Gasteiger partial charge in [-0.15, -0.1) is 4.36 Å². The lowest BCUT2D eigenvalue weighted by molar-refractivity contribution is -0.0625. The molecule has 2 N–H and O–H groups in total. The summed E-state index contributed by atoms with van der Waals surface area (Å²) < 4.78 is 36.7. The van der Waals surface area contributed by atoms with E-state index in [0.29, 0.717) is 50.6 Å². The molecule has 7 unspecified atom stereocenters. The molecule has 1 spiro atoms. The summed E-state index contributed by atoms with van der Waals surface area (Å²) in [5.41, 5.74) is 4.03. The molecule has 0 radical (unpaired) electrons. The van der Waals surface area contributed by atoms with E-state index in [1.54, 1.807) is 31.3 Å². The SMILES string of the molecule is CC1C/C=C/C(O)C2CCC2CN2CC3(CCCc4cc(Cl)ccc43)COc3ccc(cc32)C(=O)N=S(=O)(NC(=O)c2cc3n(c2)CC(C)(C)OC3)C1C. The average molecular weight is 775 g/mol. The van der Waals surface area contributed by atoms with E-state index in [4.69, 9.17) is 21.1 Å². The van der Waals surface area contributed by atoms with Gasteiger partial charge in [-0.2, -0.15) is 0 Å². The number of rotatable bonds is 2. The van der Waals surface area contributed by atoms with E-state index >= 15 is 0 Å². The van der Waals surface area contributed by atoms with Crippen LogP contribution in [0.1, 0.15) is 97.3 Å². The number of amides is 2. The van der Waals surface area contributed by atoms with Crippen molar-refractivity contribution in [1.29, 1.82) is 0 Å². The van der Waals surface area contributed by atoms with Gasteiger partial charge in [0.25, 0.3) is 11.8 Å². The van der Waals surface area contributed by atoms with Crippen molar-refractivity contribution in [3.63, 3.8) is 0 Å². The molecule has 2 amide bonds. The van der Waals surface area contributed by atoms with Crippen LogP contribution >= 0.6 is 11.6 Å². The number of hydrogen-bond acceptors (Lipinski definition) is 7. The van der Waals surface area contributed by atoms with Crippen molar-refractivity contribution in [3.8, 4) is 5.75 Å². The van der Waals surface area contributed by atoms with Crippen molar-refractivity contribution in [2.24, 2.45) is 22.1 Å². The van der Waals surface area contributed by atoms with Crippen LogP contribution in [0.5, 0.6) is 5.75 Å². The van der Waals surface area contributed by atoms with E-state index in [1.165, 1.54) is 11.1 Å². The Hall–Kier alpha value is -3.64. The first-order valence-electron chi connectivity index (χ1n) is 19.3. The van der Waals surface area contributed by atoms with Gasteiger partial charge in [-0.3, -0.25) is 14.3 Å². The Balaban J connectivity index is 1.18. The van der Waals surface area contributed by atoms with Crippen LogP contribution in [0, 0.1) is 17.8 Å². The monoisotopic (exact) mass is 774 g/mol. The van der Waals surface area contributed by atoms with Crippen molar-refractivity contribution in [2.75, 3.05) is 24.6 Å². The molecule has 3 aliphatic heterocycles. The zero-order valence-electron chi connectivity index (χ0n) is 31.6. The number of halogens is 1. The fourth-order valence-electron chi connectivity index (χ4n) is 9.12. The third-order valence-corrected chi connectivity index (χ3v) is 15.3. The average Bonchev–Trinajstić information content (AvgIpc) is 3.47. The van der Waals surface area contributed by atoms with Crippen LogP contribution in [0.2, 0.25) is 5.02 Å². The molecule has 5 aliphatic rings. The minimum Gasteiger partial charge on any atom is -0.490 e. The number of anilines is 1. The number of hydrogen-bond donors (Lipinski definition) is 2. The highest BCUT2D eigenvalue weighted by Gasteiger charge is 2.44. The van der Waals surface area contributed by atoms with Crippen LogP contribution in [0.3, 0.4) is 0 Å². The number of aryl methyl sites for hydroxylation is 1. The van der Waals surface area contributed by atoms with Crippen molar-refractivity contribution >= 4 is 39.0 Å². The van der Waals surface area contributed by atoms with Gasteiger partial charge in [-0.05, 0) is 125 Å². The first-order valence-corrected chi connectivity index (χ1v) is 21.3. The largest absolute Gasteiger partial charge is 0.490 e. The molecule has 0 saturated heterocycles. The van der Waals surface area contributed by atoms with E-state index < -0.39 is 33.1 Å². The lowest BCUT2D eigenvalue weighted by Crippen LogP contribution is -2.49. The van der Waals surface area contributed by atoms with Gasteiger partial charge in [-0.25, -0.2) is 4.21 Å². The predicted octanol–water partition coefficient (Wildman–Crippen LogP) is 7.25. The van der Waals surface area contributed by atoms with Gasteiger partial charge >= 0.3 is 0 Å². The Bertz CT molecular complexity index is 2140. The second-order valence-corrected chi connectivity index (χ2v) is 19.6. The molecule has 8 rings (SSSR count). The predicted molar refractivity (Wildman–Crippen MR) is 210 cm³/mol. The lowest BCUT2D eigenvalue weighted by atomic mass is 9.68. The summed E-state index contributed by atoms with van der Waals surface area (Å²) in [5, 5.41) is 11.5. The molecule has 2 aromatic carbocycles. The summed E-state index contributed by atoms with van der Waals surface area (Å²) in [7, 11) is -3.65. The number of nitrogens with one attached hydrogen (secondary N) is 1. The number of carbonyl (C=O) groups excluding carboxylic acids is 2. The molecule has 7 atom stereocenters. The number of nitrogens with zero attached hydrogens (tertiary/aromatic N) is 3. The summed E-state index contributed by atoms with van der Waals surface area (Å²) in [6.07, 6.45) is 10.3. The van der Waals surface area contributed by atoms with E-state index in [0.717, 1.165) is 48.5 Å². The molecule has 4 heterocycles. The third kappa shape index (κ3) is 7.01. The van der Waals surface area contributed by atoms with Crippen LogP contribution in [-0.2, 0) is 39.6 Å². The van der Waals surface area contributed by atoms with Gasteiger partial charge in [0.15, 0.2) is 0 Å². The maximum atomic E-state index is 15.0. The minimum absolute atomic E-state index is 0.0930. The quantitative estimate of drug-likeness (QED) is 0.263. The maximum absolute atomic E-state index is 15.0. The first-order chi connectivity index (χ1) is 25.7. The lowest BCUT2D eigenvalue weighted by Gasteiger charge is -2.45.